The zero-order valence-electron chi connectivity index (χ0n) is 20.5. The molecule has 3 nitrogen and oxygen atoms in total. The van der Waals surface area contributed by atoms with Crippen LogP contribution in [0.15, 0.2) is 42.5 Å². The van der Waals surface area contributed by atoms with Crippen LogP contribution in [0.5, 0.6) is 0 Å². The van der Waals surface area contributed by atoms with E-state index in [1.807, 2.05) is 12.1 Å². The molecule has 0 bridgehead atoms. The summed E-state index contributed by atoms with van der Waals surface area (Å²) in [5.74, 6) is 0.867. The van der Waals surface area contributed by atoms with Gasteiger partial charge in [0.05, 0.1) is 5.41 Å². The smallest absolute Gasteiger partial charge is 0.312 e. The zero-order valence-corrected chi connectivity index (χ0v) is 20.5. The highest BCUT2D eigenvalue weighted by molar-refractivity contribution is 5.77. The minimum absolute atomic E-state index is 0.0123. The number of fused-ring (bicyclic) bond motifs is 3. The third kappa shape index (κ3) is 4.19. The summed E-state index contributed by atoms with van der Waals surface area (Å²) < 4.78 is 5.87. The van der Waals surface area contributed by atoms with E-state index in [1.54, 1.807) is 0 Å². The number of hydrogen-bond donors (Lipinski definition) is 1. The monoisotopic (exact) mass is 433 g/mol. The van der Waals surface area contributed by atoms with Gasteiger partial charge in [-0.05, 0) is 91.2 Å². The number of esters is 1. The number of benzene rings is 2. The van der Waals surface area contributed by atoms with Crippen LogP contribution in [-0.2, 0) is 21.4 Å². The summed E-state index contributed by atoms with van der Waals surface area (Å²) >= 11 is 0. The Morgan fingerprint density at radius 3 is 2.72 bits per heavy atom. The Bertz CT molecular complexity index is 981. The number of carbonyl (C=O) groups is 1. The van der Waals surface area contributed by atoms with E-state index in [9.17, 15) is 4.79 Å². The third-order valence-electron chi connectivity index (χ3n) is 8.19. The molecular weight excluding hydrogens is 394 g/mol. The second kappa shape index (κ2) is 8.92. The lowest BCUT2D eigenvalue weighted by atomic mass is 9.49. The highest BCUT2D eigenvalue weighted by atomic mass is 16.5. The van der Waals surface area contributed by atoms with Crippen LogP contribution in [0.3, 0.4) is 0 Å². The van der Waals surface area contributed by atoms with Gasteiger partial charge in [-0.1, -0.05) is 57.5 Å². The van der Waals surface area contributed by atoms with Crippen molar-refractivity contribution in [1.29, 1.82) is 0 Å². The van der Waals surface area contributed by atoms with E-state index in [1.165, 1.54) is 22.3 Å². The van der Waals surface area contributed by atoms with Crippen LogP contribution in [0.25, 0.3) is 0 Å². The highest BCUT2D eigenvalue weighted by Crippen LogP contribution is 2.57. The molecule has 1 saturated carbocycles. The Kier molecular flexibility index (Phi) is 6.38. The number of hydrogen-bond acceptors (Lipinski definition) is 3. The molecule has 3 heteroatoms. The van der Waals surface area contributed by atoms with E-state index in [-0.39, 0.29) is 11.4 Å². The quantitative estimate of drug-likeness (QED) is 0.403. The van der Waals surface area contributed by atoms with Crippen molar-refractivity contribution in [2.45, 2.75) is 78.1 Å². The minimum Gasteiger partial charge on any atom is -0.463 e. The van der Waals surface area contributed by atoms with Crippen molar-refractivity contribution in [3.63, 3.8) is 0 Å². The molecule has 0 aliphatic heterocycles. The third-order valence-corrected chi connectivity index (χ3v) is 8.19. The van der Waals surface area contributed by atoms with Crippen molar-refractivity contribution in [2.24, 2.45) is 11.3 Å². The number of carbonyl (C=O) groups excluding carboxylic acids is 1. The summed E-state index contributed by atoms with van der Waals surface area (Å²) in [6, 6.07) is 15.4. The molecule has 0 heterocycles. The van der Waals surface area contributed by atoms with Gasteiger partial charge >= 0.3 is 5.97 Å². The fourth-order valence-electron chi connectivity index (χ4n) is 6.37. The first-order valence-electron chi connectivity index (χ1n) is 12.3. The van der Waals surface area contributed by atoms with Crippen molar-refractivity contribution >= 4 is 11.7 Å². The van der Waals surface area contributed by atoms with Crippen molar-refractivity contribution in [1.82, 2.24) is 0 Å². The molecule has 1 fully saturated rings. The fourth-order valence-corrected chi connectivity index (χ4v) is 6.37. The molecule has 2 aromatic rings. The Labute approximate surface area is 194 Å². The van der Waals surface area contributed by atoms with Crippen LogP contribution < -0.4 is 5.32 Å². The Hall–Kier alpha value is -2.29. The standard InChI is InChI=1S/C29H39NO2/c1-20(2)22-10-12-25-23(19-22)11-13-26-28(25,4)14-7-15-29(26,5)27(31)32-17-16-30-24-9-6-8-21(3)18-24/h6,8-10,12,18-20,26,30H,7,11,13-17H2,1-5H3/t26-,28-,29-/m1/s1. The average molecular weight is 434 g/mol. The molecule has 32 heavy (non-hydrogen) atoms. The van der Waals surface area contributed by atoms with Gasteiger partial charge < -0.3 is 10.1 Å². The molecule has 0 amide bonds. The van der Waals surface area contributed by atoms with Crippen molar-refractivity contribution in [2.75, 3.05) is 18.5 Å². The number of nitrogens with one attached hydrogen (secondary N) is 1. The number of ether oxygens (including phenoxy) is 1. The summed E-state index contributed by atoms with van der Waals surface area (Å²) in [5, 5.41) is 3.37. The predicted molar refractivity (Wildman–Crippen MR) is 132 cm³/mol. The molecule has 2 aliphatic rings. The van der Waals surface area contributed by atoms with Crippen LogP contribution >= 0.6 is 0 Å². The Morgan fingerprint density at radius 1 is 1.16 bits per heavy atom. The topological polar surface area (TPSA) is 38.3 Å². The minimum atomic E-state index is -0.412. The first-order chi connectivity index (χ1) is 15.2. The lowest BCUT2D eigenvalue weighted by molar-refractivity contribution is -0.164. The summed E-state index contributed by atoms with van der Waals surface area (Å²) in [5.41, 5.74) is 6.32. The van der Waals surface area contributed by atoms with E-state index in [4.69, 9.17) is 4.74 Å². The van der Waals surface area contributed by atoms with Crippen LogP contribution in [0, 0.1) is 18.3 Å². The molecule has 2 aliphatic carbocycles. The first-order valence-corrected chi connectivity index (χ1v) is 12.3. The van der Waals surface area contributed by atoms with Crippen LogP contribution in [-0.4, -0.2) is 19.1 Å². The van der Waals surface area contributed by atoms with Gasteiger partial charge in [-0.15, -0.1) is 0 Å². The second-order valence-electron chi connectivity index (χ2n) is 10.8. The molecule has 2 aromatic carbocycles. The maximum absolute atomic E-state index is 13.4. The van der Waals surface area contributed by atoms with Crippen molar-refractivity contribution in [3.05, 3.63) is 64.7 Å². The lowest BCUT2D eigenvalue weighted by Gasteiger charge is -2.54. The van der Waals surface area contributed by atoms with Crippen LogP contribution in [0.4, 0.5) is 5.69 Å². The second-order valence-corrected chi connectivity index (χ2v) is 10.8. The van der Waals surface area contributed by atoms with Gasteiger partial charge in [0.15, 0.2) is 0 Å². The first kappa shape index (κ1) is 22.9. The van der Waals surface area contributed by atoms with Gasteiger partial charge in [-0.2, -0.15) is 0 Å². The lowest BCUT2D eigenvalue weighted by Crippen LogP contribution is -2.53. The van der Waals surface area contributed by atoms with E-state index in [2.05, 4.69) is 70.3 Å². The Morgan fingerprint density at radius 2 is 1.97 bits per heavy atom. The predicted octanol–water partition coefficient (Wildman–Crippen LogP) is 6.78. The molecular formula is C29H39NO2. The maximum Gasteiger partial charge on any atom is 0.312 e. The molecule has 172 valence electrons. The van der Waals surface area contributed by atoms with Crippen molar-refractivity contribution < 1.29 is 9.53 Å². The molecule has 0 aromatic heterocycles. The van der Waals surface area contributed by atoms with E-state index in [0.29, 0.717) is 25.0 Å². The highest BCUT2D eigenvalue weighted by Gasteiger charge is 2.55. The molecule has 4 rings (SSSR count). The van der Waals surface area contributed by atoms with Crippen molar-refractivity contribution in [3.8, 4) is 0 Å². The zero-order chi connectivity index (χ0) is 22.9. The fraction of sp³-hybridized carbons (Fsp3) is 0.552. The molecule has 1 N–H and O–H groups in total. The molecule has 0 unspecified atom stereocenters. The average Bonchev–Trinajstić information content (AvgIpc) is 2.76. The summed E-state index contributed by atoms with van der Waals surface area (Å²) in [6.07, 6.45) is 5.29. The largest absolute Gasteiger partial charge is 0.463 e. The SMILES string of the molecule is Cc1cccc(NCCOC(=O)[C@]2(C)CCC[C@]3(C)c4ccc(C(C)C)cc4CC[C@@H]23)c1. The summed E-state index contributed by atoms with van der Waals surface area (Å²) in [4.78, 5) is 13.4. The molecule has 0 spiro atoms. The molecule has 3 atom stereocenters. The Balaban J connectivity index is 1.45. The normalized spacial score (nSPS) is 26.9. The van der Waals surface area contributed by atoms with Gasteiger partial charge in [0.1, 0.15) is 6.61 Å². The molecule has 0 radical (unpaired) electrons. The van der Waals surface area contributed by atoms with Gasteiger partial charge in [-0.3, -0.25) is 4.79 Å². The number of rotatable bonds is 6. The summed E-state index contributed by atoms with van der Waals surface area (Å²) in [6.45, 7) is 12.2. The van der Waals surface area contributed by atoms with Gasteiger partial charge in [0.2, 0.25) is 0 Å². The van der Waals surface area contributed by atoms with Gasteiger partial charge in [0.25, 0.3) is 0 Å². The number of aryl methyl sites for hydroxylation is 2. The van der Waals surface area contributed by atoms with E-state index < -0.39 is 5.41 Å². The van der Waals surface area contributed by atoms with Crippen LogP contribution in [0.2, 0.25) is 0 Å². The van der Waals surface area contributed by atoms with E-state index in [0.717, 1.165) is 37.8 Å². The van der Waals surface area contributed by atoms with Gasteiger partial charge in [0, 0.05) is 12.2 Å². The molecule has 0 saturated heterocycles. The van der Waals surface area contributed by atoms with Gasteiger partial charge in [-0.25, -0.2) is 0 Å². The van der Waals surface area contributed by atoms with E-state index >= 15 is 0 Å². The number of anilines is 1. The summed E-state index contributed by atoms with van der Waals surface area (Å²) in [7, 11) is 0. The maximum atomic E-state index is 13.4. The van der Waals surface area contributed by atoms with Crippen LogP contribution in [0.1, 0.15) is 81.5 Å².